The zero-order valence-electron chi connectivity index (χ0n) is 11.3. The van der Waals surface area contributed by atoms with Crippen LogP contribution in [0.1, 0.15) is 31.4 Å². The maximum atomic E-state index is 9.50. The molecule has 1 aromatic rings. The Morgan fingerprint density at radius 3 is 2.53 bits per heavy atom. The van der Waals surface area contributed by atoms with Gasteiger partial charge in [-0.15, -0.1) is 0 Å². The van der Waals surface area contributed by atoms with E-state index in [-0.39, 0.29) is 6.10 Å². The van der Waals surface area contributed by atoms with E-state index < -0.39 is 0 Å². The molecule has 2 rings (SSSR count). The third-order valence-corrected chi connectivity index (χ3v) is 4.13. The Bertz CT molecular complexity index is 374. The molecule has 0 amide bonds. The van der Waals surface area contributed by atoms with E-state index in [9.17, 15) is 5.11 Å². The summed E-state index contributed by atoms with van der Waals surface area (Å²) >= 11 is 3.47. The van der Waals surface area contributed by atoms with Crippen LogP contribution in [0.3, 0.4) is 0 Å². The van der Waals surface area contributed by atoms with Crippen molar-refractivity contribution in [2.24, 2.45) is 5.92 Å². The predicted octanol–water partition coefficient (Wildman–Crippen LogP) is 2.89. The van der Waals surface area contributed by atoms with Crippen molar-refractivity contribution in [2.45, 2.75) is 31.9 Å². The fraction of sp³-hybridized carbons (Fsp3) is 0.600. The summed E-state index contributed by atoms with van der Waals surface area (Å²) in [5.41, 5.74) is 1.29. The molecule has 106 valence electrons. The number of halogens is 1. The maximum Gasteiger partial charge on any atom is 0.0636 e. The molecule has 3 nitrogen and oxygen atoms in total. The molecular weight excluding hydrogens is 306 g/mol. The monoisotopic (exact) mass is 327 g/mol. The normalized spacial score (nSPS) is 20.2. The van der Waals surface area contributed by atoms with Gasteiger partial charge in [-0.25, -0.2) is 0 Å². The van der Waals surface area contributed by atoms with Crippen LogP contribution in [0.25, 0.3) is 0 Å². The first-order valence-corrected chi connectivity index (χ1v) is 7.71. The van der Waals surface area contributed by atoms with Gasteiger partial charge in [-0.2, -0.15) is 0 Å². The third-order valence-electron chi connectivity index (χ3n) is 3.60. The van der Waals surface area contributed by atoms with Crippen molar-refractivity contribution in [2.75, 3.05) is 19.8 Å². The van der Waals surface area contributed by atoms with Gasteiger partial charge < -0.3 is 15.2 Å². The van der Waals surface area contributed by atoms with Gasteiger partial charge in [-0.05, 0) is 43.4 Å². The molecule has 1 heterocycles. The van der Waals surface area contributed by atoms with Gasteiger partial charge in [0.05, 0.1) is 6.10 Å². The second kappa shape index (κ2) is 7.39. The minimum Gasteiger partial charge on any atom is -0.392 e. The summed E-state index contributed by atoms with van der Waals surface area (Å²) in [4.78, 5) is 0. The van der Waals surface area contributed by atoms with Crippen LogP contribution in [0, 0.1) is 5.92 Å². The highest BCUT2D eigenvalue weighted by Crippen LogP contribution is 2.30. The van der Waals surface area contributed by atoms with Gasteiger partial charge >= 0.3 is 0 Å². The van der Waals surface area contributed by atoms with E-state index in [0.717, 1.165) is 30.5 Å². The Balaban J connectivity index is 2.10. The molecule has 0 aliphatic carbocycles. The molecule has 0 spiro atoms. The Hall–Kier alpha value is -0.420. The molecule has 1 aliphatic rings. The topological polar surface area (TPSA) is 41.5 Å². The molecule has 4 heteroatoms. The molecule has 0 saturated carbocycles. The smallest absolute Gasteiger partial charge is 0.0636 e. The number of hydrogen-bond acceptors (Lipinski definition) is 3. The Kier molecular flexibility index (Phi) is 5.82. The van der Waals surface area contributed by atoms with E-state index in [2.05, 4.69) is 45.5 Å². The zero-order chi connectivity index (χ0) is 13.7. The third kappa shape index (κ3) is 4.56. The molecule has 0 aromatic heterocycles. The van der Waals surface area contributed by atoms with Crippen molar-refractivity contribution in [3.8, 4) is 0 Å². The van der Waals surface area contributed by atoms with E-state index in [4.69, 9.17) is 4.74 Å². The van der Waals surface area contributed by atoms with Gasteiger partial charge in [0.1, 0.15) is 0 Å². The summed E-state index contributed by atoms with van der Waals surface area (Å²) in [7, 11) is 0. The molecule has 1 saturated heterocycles. The molecule has 1 fully saturated rings. The van der Waals surface area contributed by atoms with Crippen molar-refractivity contribution in [3.63, 3.8) is 0 Å². The van der Waals surface area contributed by atoms with Crippen LogP contribution in [0.2, 0.25) is 0 Å². The van der Waals surface area contributed by atoms with E-state index in [0.29, 0.717) is 18.5 Å². The van der Waals surface area contributed by atoms with Gasteiger partial charge in [-0.1, -0.05) is 28.1 Å². The van der Waals surface area contributed by atoms with Crippen LogP contribution in [-0.4, -0.2) is 31.0 Å². The van der Waals surface area contributed by atoms with Crippen LogP contribution in [0.4, 0.5) is 0 Å². The molecule has 0 radical (unpaired) electrons. The number of ether oxygens (including phenoxy) is 1. The first-order chi connectivity index (χ1) is 9.16. The quantitative estimate of drug-likeness (QED) is 0.873. The van der Waals surface area contributed by atoms with Crippen LogP contribution in [0.15, 0.2) is 28.7 Å². The van der Waals surface area contributed by atoms with Crippen LogP contribution >= 0.6 is 15.9 Å². The lowest BCUT2D eigenvalue weighted by atomic mass is 9.87. The van der Waals surface area contributed by atoms with Gasteiger partial charge in [0.25, 0.3) is 0 Å². The SMILES string of the molecule is C[C@H](O)CN[C@@H](c1ccc(Br)cc1)C1CCOCC1. The van der Waals surface area contributed by atoms with Gasteiger partial charge in [-0.3, -0.25) is 0 Å². The summed E-state index contributed by atoms with van der Waals surface area (Å²) in [6.45, 7) is 4.12. The fourth-order valence-corrected chi connectivity index (χ4v) is 2.84. The molecule has 0 unspecified atom stereocenters. The Morgan fingerprint density at radius 1 is 1.32 bits per heavy atom. The number of nitrogens with one attached hydrogen (secondary N) is 1. The van der Waals surface area contributed by atoms with Crippen LogP contribution in [0.5, 0.6) is 0 Å². The standard InChI is InChI=1S/C15H22BrNO2/c1-11(18)10-17-15(13-6-8-19-9-7-13)12-2-4-14(16)5-3-12/h2-5,11,13,15,17-18H,6-10H2,1H3/t11-,15-/m0/s1. The number of rotatable bonds is 5. The van der Waals surface area contributed by atoms with Crippen LogP contribution < -0.4 is 5.32 Å². The summed E-state index contributed by atoms with van der Waals surface area (Å²) < 4.78 is 6.54. The molecule has 1 aliphatic heterocycles. The van der Waals surface area contributed by atoms with Crippen LogP contribution in [-0.2, 0) is 4.74 Å². The highest BCUT2D eigenvalue weighted by Gasteiger charge is 2.25. The molecule has 0 bridgehead atoms. The zero-order valence-corrected chi connectivity index (χ0v) is 12.9. The van der Waals surface area contributed by atoms with Crippen molar-refractivity contribution in [3.05, 3.63) is 34.3 Å². The fourth-order valence-electron chi connectivity index (χ4n) is 2.57. The lowest BCUT2D eigenvalue weighted by Gasteiger charge is -2.32. The van der Waals surface area contributed by atoms with Gasteiger partial charge in [0.2, 0.25) is 0 Å². The minimum absolute atomic E-state index is 0.298. The van der Waals surface area contributed by atoms with E-state index in [1.807, 2.05) is 6.92 Å². The van der Waals surface area contributed by atoms with E-state index >= 15 is 0 Å². The highest BCUT2D eigenvalue weighted by molar-refractivity contribution is 9.10. The maximum absolute atomic E-state index is 9.50. The first kappa shape index (κ1) is 15.0. The van der Waals surface area contributed by atoms with Crippen molar-refractivity contribution in [1.29, 1.82) is 0 Å². The average molecular weight is 328 g/mol. The number of aliphatic hydroxyl groups excluding tert-OH is 1. The second-order valence-electron chi connectivity index (χ2n) is 5.24. The predicted molar refractivity (Wildman–Crippen MR) is 80.1 cm³/mol. The van der Waals surface area contributed by atoms with Crippen molar-refractivity contribution < 1.29 is 9.84 Å². The molecule has 2 atom stereocenters. The summed E-state index contributed by atoms with van der Waals surface area (Å²) in [5.74, 6) is 0.577. The molecular formula is C15H22BrNO2. The number of benzene rings is 1. The second-order valence-corrected chi connectivity index (χ2v) is 6.15. The summed E-state index contributed by atoms with van der Waals surface area (Å²) in [6.07, 6.45) is 1.83. The molecule has 19 heavy (non-hydrogen) atoms. The molecule has 2 N–H and O–H groups in total. The van der Waals surface area contributed by atoms with E-state index in [1.165, 1.54) is 5.56 Å². The van der Waals surface area contributed by atoms with Crippen molar-refractivity contribution >= 4 is 15.9 Å². The number of aliphatic hydroxyl groups is 1. The summed E-state index contributed by atoms with van der Waals surface area (Å²) in [6, 6.07) is 8.75. The van der Waals surface area contributed by atoms with Crippen molar-refractivity contribution in [1.82, 2.24) is 5.32 Å². The number of hydrogen-bond donors (Lipinski definition) is 2. The Labute approximate surface area is 123 Å². The Morgan fingerprint density at radius 2 is 1.95 bits per heavy atom. The molecule has 1 aromatic carbocycles. The largest absolute Gasteiger partial charge is 0.392 e. The van der Waals surface area contributed by atoms with Gasteiger partial charge in [0, 0.05) is 30.3 Å². The average Bonchev–Trinajstić information content (AvgIpc) is 2.42. The lowest BCUT2D eigenvalue weighted by Crippen LogP contribution is -2.35. The van der Waals surface area contributed by atoms with E-state index in [1.54, 1.807) is 0 Å². The lowest BCUT2D eigenvalue weighted by molar-refractivity contribution is 0.0515. The first-order valence-electron chi connectivity index (χ1n) is 6.91. The van der Waals surface area contributed by atoms with Gasteiger partial charge in [0.15, 0.2) is 0 Å². The highest BCUT2D eigenvalue weighted by atomic mass is 79.9. The summed E-state index contributed by atoms with van der Waals surface area (Å²) in [5, 5.41) is 13.0. The minimum atomic E-state index is -0.321.